The zero-order valence-corrected chi connectivity index (χ0v) is 10.4. The van der Waals surface area contributed by atoms with Gasteiger partial charge in [-0.3, -0.25) is 4.79 Å². The summed E-state index contributed by atoms with van der Waals surface area (Å²) in [7, 11) is 0. The van der Waals surface area contributed by atoms with Gasteiger partial charge >= 0.3 is 18.0 Å². The third-order valence-electron chi connectivity index (χ3n) is 2.47. The van der Waals surface area contributed by atoms with Crippen LogP contribution in [0.3, 0.4) is 0 Å². The topological polar surface area (TPSA) is 17.1 Å². The van der Waals surface area contributed by atoms with E-state index in [0.717, 1.165) is 19.1 Å². The van der Waals surface area contributed by atoms with Crippen LogP contribution < -0.4 is 0 Å². The minimum Gasteiger partial charge on any atom is -0.287 e. The largest absolute Gasteiger partial charge is 0.460 e. The van der Waals surface area contributed by atoms with Crippen LogP contribution in [0.25, 0.3) is 0 Å². The summed E-state index contributed by atoms with van der Waals surface area (Å²) in [4.78, 5) is 11.3. The van der Waals surface area contributed by atoms with Crippen molar-refractivity contribution in [3.63, 3.8) is 0 Å². The molecule has 1 aromatic carbocycles. The van der Waals surface area contributed by atoms with Gasteiger partial charge in [0.15, 0.2) is 0 Å². The maximum Gasteiger partial charge on any atom is 0.460 e. The number of carbonyl (C=O) groups excluding carboxylic acids is 1. The Kier molecular flexibility index (Phi) is 4.11. The van der Waals surface area contributed by atoms with Crippen molar-refractivity contribution in [3.8, 4) is 0 Å². The monoisotopic (exact) mass is 322 g/mol. The average Bonchev–Trinajstić information content (AvgIpc) is 2.26. The van der Waals surface area contributed by atoms with Crippen molar-refractivity contribution >= 4 is 17.4 Å². The maximum absolute atomic E-state index is 13.2. The Hall–Kier alpha value is -1.31. The zero-order chi connectivity index (χ0) is 15.9. The standard InChI is InChI=1S/C11H6ClF7O/c1-5-4-6(12)2-3-7(5)8(20)9(13,14)10(15,16)11(17,18)19/h2-4H,1H3. The lowest BCUT2D eigenvalue weighted by Gasteiger charge is -2.27. The van der Waals surface area contributed by atoms with E-state index < -0.39 is 29.4 Å². The minimum absolute atomic E-state index is 0.0185. The summed E-state index contributed by atoms with van der Waals surface area (Å²) < 4.78 is 87.8. The van der Waals surface area contributed by atoms with Gasteiger partial charge in [0, 0.05) is 10.6 Å². The van der Waals surface area contributed by atoms with E-state index in [9.17, 15) is 35.5 Å². The Morgan fingerprint density at radius 1 is 1.05 bits per heavy atom. The average molecular weight is 323 g/mol. The van der Waals surface area contributed by atoms with Crippen LogP contribution in [-0.4, -0.2) is 23.8 Å². The molecule has 0 saturated carbocycles. The molecule has 0 heterocycles. The Labute approximate surface area is 113 Å². The highest BCUT2D eigenvalue weighted by Crippen LogP contribution is 2.48. The highest BCUT2D eigenvalue weighted by molar-refractivity contribution is 6.30. The third-order valence-corrected chi connectivity index (χ3v) is 2.70. The predicted molar refractivity (Wildman–Crippen MR) is 56.5 cm³/mol. The Bertz CT molecular complexity index is 536. The lowest BCUT2D eigenvalue weighted by atomic mass is 9.96. The van der Waals surface area contributed by atoms with Crippen LogP contribution in [0.2, 0.25) is 5.02 Å². The molecule has 0 radical (unpaired) electrons. The molecule has 0 aromatic heterocycles. The van der Waals surface area contributed by atoms with Gasteiger partial charge in [-0.15, -0.1) is 0 Å². The fraction of sp³-hybridized carbons (Fsp3) is 0.364. The van der Waals surface area contributed by atoms with E-state index in [1.54, 1.807) is 0 Å². The van der Waals surface area contributed by atoms with E-state index in [1.165, 1.54) is 0 Å². The molecule has 0 aliphatic rings. The van der Waals surface area contributed by atoms with Crippen molar-refractivity contribution < 1.29 is 35.5 Å². The second kappa shape index (κ2) is 4.91. The van der Waals surface area contributed by atoms with Gasteiger partial charge < -0.3 is 0 Å². The number of alkyl halides is 7. The molecule has 1 rings (SSSR count). The smallest absolute Gasteiger partial charge is 0.287 e. The molecule has 1 nitrogen and oxygen atoms in total. The van der Waals surface area contributed by atoms with E-state index in [2.05, 4.69) is 0 Å². The number of rotatable bonds is 3. The number of aryl methyl sites for hydroxylation is 1. The van der Waals surface area contributed by atoms with Crippen LogP contribution >= 0.6 is 11.6 Å². The molecule has 0 spiro atoms. The van der Waals surface area contributed by atoms with Gasteiger partial charge in [-0.2, -0.15) is 30.7 Å². The first-order chi connectivity index (χ1) is 8.82. The van der Waals surface area contributed by atoms with E-state index in [4.69, 9.17) is 11.6 Å². The van der Waals surface area contributed by atoms with E-state index >= 15 is 0 Å². The molecule has 0 bridgehead atoms. The highest BCUT2D eigenvalue weighted by atomic mass is 35.5. The molecule has 0 saturated heterocycles. The van der Waals surface area contributed by atoms with Crippen molar-refractivity contribution in [1.29, 1.82) is 0 Å². The van der Waals surface area contributed by atoms with Crippen molar-refractivity contribution in [2.75, 3.05) is 0 Å². The quantitative estimate of drug-likeness (QED) is 0.584. The molecule has 0 aliphatic carbocycles. The molecule has 9 heteroatoms. The van der Waals surface area contributed by atoms with E-state index in [1.807, 2.05) is 0 Å². The first-order valence-corrected chi connectivity index (χ1v) is 5.33. The SMILES string of the molecule is Cc1cc(Cl)ccc1C(=O)C(F)(F)C(F)(F)C(F)(F)F. The fourth-order valence-corrected chi connectivity index (χ4v) is 1.60. The summed E-state index contributed by atoms with van der Waals surface area (Å²) >= 11 is 5.47. The third kappa shape index (κ3) is 2.61. The van der Waals surface area contributed by atoms with Gasteiger partial charge in [0.05, 0.1) is 0 Å². The van der Waals surface area contributed by atoms with Crippen molar-refractivity contribution in [3.05, 3.63) is 34.3 Å². The van der Waals surface area contributed by atoms with Crippen LogP contribution in [0.15, 0.2) is 18.2 Å². The molecule has 0 fully saturated rings. The summed E-state index contributed by atoms with van der Waals surface area (Å²) in [5, 5.41) is 0.0185. The van der Waals surface area contributed by atoms with Crippen LogP contribution in [0.4, 0.5) is 30.7 Å². The molecular weight excluding hydrogens is 317 g/mol. The number of ketones is 1. The fourth-order valence-electron chi connectivity index (χ4n) is 1.37. The summed E-state index contributed by atoms with van der Waals surface area (Å²) in [6.07, 6.45) is -6.55. The normalized spacial score (nSPS) is 13.4. The number of benzene rings is 1. The van der Waals surface area contributed by atoms with Crippen molar-refractivity contribution in [1.82, 2.24) is 0 Å². The van der Waals surface area contributed by atoms with Crippen molar-refractivity contribution in [2.45, 2.75) is 24.9 Å². The van der Waals surface area contributed by atoms with Gasteiger partial charge in [0.25, 0.3) is 0 Å². The lowest BCUT2D eigenvalue weighted by Crippen LogP contribution is -2.56. The highest BCUT2D eigenvalue weighted by Gasteiger charge is 2.76. The first-order valence-electron chi connectivity index (χ1n) is 4.95. The van der Waals surface area contributed by atoms with E-state index in [-0.39, 0.29) is 10.6 Å². The Morgan fingerprint density at radius 2 is 1.55 bits per heavy atom. The lowest BCUT2D eigenvalue weighted by molar-refractivity contribution is -0.339. The van der Waals surface area contributed by atoms with Crippen LogP contribution in [-0.2, 0) is 0 Å². The molecule has 1 aromatic rings. The molecule has 0 unspecified atom stereocenters. The second-order valence-electron chi connectivity index (χ2n) is 3.93. The second-order valence-corrected chi connectivity index (χ2v) is 4.37. The number of hydrogen-bond donors (Lipinski definition) is 0. The molecule has 0 atom stereocenters. The maximum atomic E-state index is 13.2. The number of Topliss-reactive ketones (excluding diaryl/α,β-unsaturated/α-hetero) is 1. The Balaban J connectivity index is 3.32. The van der Waals surface area contributed by atoms with Gasteiger partial charge in [-0.1, -0.05) is 11.6 Å². The van der Waals surface area contributed by atoms with Gasteiger partial charge in [-0.05, 0) is 30.7 Å². The molecule has 0 N–H and O–H groups in total. The minimum atomic E-state index is -6.55. The van der Waals surface area contributed by atoms with E-state index in [0.29, 0.717) is 6.07 Å². The number of hydrogen-bond acceptors (Lipinski definition) is 1. The number of carbonyl (C=O) groups is 1. The number of halogens is 8. The first kappa shape index (κ1) is 16.7. The molecule has 0 amide bonds. The van der Waals surface area contributed by atoms with Crippen LogP contribution in [0.1, 0.15) is 15.9 Å². The summed E-state index contributed by atoms with van der Waals surface area (Å²) in [5.74, 6) is -15.0. The molecular formula is C11H6ClF7O. The van der Waals surface area contributed by atoms with Crippen LogP contribution in [0, 0.1) is 6.92 Å². The van der Waals surface area contributed by atoms with Crippen LogP contribution in [0.5, 0.6) is 0 Å². The van der Waals surface area contributed by atoms with Crippen molar-refractivity contribution in [2.24, 2.45) is 0 Å². The van der Waals surface area contributed by atoms with Gasteiger partial charge in [0.1, 0.15) is 0 Å². The summed E-state index contributed by atoms with van der Waals surface area (Å²) in [6, 6.07) is 2.60. The zero-order valence-electron chi connectivity index (χ0n) is 9.66. The Morgan fingerprint density at radius 3 is 1.95 bits per heavy atom. The van der Waals surface area contributed by atoms with Gasteiger partial charge in [0.2, 0.25) is 5.78 Å². The summed E-state index contributed by atoms with van der Waals surface area (Å²) in [6.45, 7) is 1.08. The molecule has 112 valence electrons. The predicted octanol–water partition coefficient (Wildman–Crippen LogP) is 4.66. The molecule has 20 heavy (non-hydrogen) atoms. The summed E-state index contributed by atoms with van der Waals surface area (Å²) in [5.41, 5.74) is -1.19. The van der Waals surface area contributed by atoms with Gasteiger partial charge in [-0.25, -0.2) is 0 Å². The molecule has 0 aliphatic heterocycles.